The van der Waals surface area contributed by atoms with Gasteiger partial charge in [0.15, 0.2) is 5.16 Å². The molecule has 0 saturated heterocycles. The molecule has 0 saturated carbocycles. The minimum Gasteiger partial charge on any atom is -0.332 e. The molecule has 1 amide bonds. The lowest BCUT2D eigenvalue weighted by atomic mass is 10.0. The fraction of sp³-hybridized carbons (Fsp3) is 0.231. The normalized spacial score (nSPS) is 12.1. The van der Waals surface area contributed by atoms with Gasteiger partial charge in [-0.2, -0.15) is 0 Å². The van der Waals surface area contributed by atoms with Crippen LogP contribution >= 0.6 is 23.4 Å². The lowest BCUT2D eigenvalue weighted by Gasteiger charge is -2.12. The standard InChI is InChI=1S/C26H27ClN4OS/c1-16-7-12-22(21(27)15-16)29-25(32)17(2)33-26-30-23-6-4-5-20(24(23)31-26)19-10-8-18(9-11-19)13-14-28-3/h4-12,15,17,28H,13-14H2,1-3H3,(H,29,32)(H,30,31). The van der Waals surface area contributed by atoms with E-state index >= 15 is 0 Å². The Labute approximate surface area is 203 Å². The highest BCUT2D eigenvalue weighted by Gasteiger charge is 2.18. The summed E-state index contributed by atoms with van der Waals surface area (Å²) < 4.78 is 0. The molecule has 0 spiro atoms. The summed E-state index contributed by atoms with van der Waals surface area (Å²) in [6, 6.07) is 20.3. The van der Waals surface area contributed by atoms with Crippen LogP contribution in [-0.4, -0.2) is 34.7 Å². The number of anilines is 1. The molecule has 0 aliphatic rings. The molecule has 3 N–H and O–H groups in total. The molecule has 3 aromatic carbocycles. The maximum Gasteiger partial charge on any atom is 0.237 e. The summed E-state index contributed by atoms with van der Waals surface area (Å²) >= 11 is 7.65. The molecule has 0 bridgehead atoms. The van der Waals surface area contributed by atoms with Crippen molar-refractivity contribution < 1.29 is 4.79 Å². The number of carbonyl (C=O) groups excluding carboxylic acids is 1. The number of carbonyl (C=O) groups is 1. The minimum absolute atomic E-state index is 0.122. The molecule has 5 nitrogen and oxygen atoms in total. The summed E-state index contributed by atoms with van der Waals surface area (Å²) in [7, 11) is 1.96. The van der Waals surface area contributed by atoms with Gasteiger partial charge in [0.2, 0.25) is 5.91 Å². The van der Waals surface area contributed by atoms with Crippen LogP contribution in [0.3, 0.4) is 0 Å². The highest BCUT2D eigenvalue weighted by atomic mass is 35.5. The topological polar surface area (TPSA) is 69.8 Å². The Balaban J connectivity index is 1.50. The maximum atomic E-state index is 12.7. The van der Waals surface area contributed by atoms with E-state index in [4.69, 9.17) is 16.6 Å². The maximum absolute atomic E-state index is 12.7. The van der Waals surface area contributed by atoms with Crippen LogP contribution in [0, 0.1) is 6.92 Å². The Kier molecular flexibility index (Phi) is 7.38. The van der Waals surface area contributed by atoms with Gasteiger partial charge in [-0.15, -0.1) is 0 Å². The Morgan fingerprint density at radius 1 is 1.15 bits per heavy atom. The fourth-order valence-electron chi connectivity index (χ4n) is 3.60. The van der Waals surface area contributed by atoms with Gasteiger partial charge < -0.3 is 15.6 Å². The second-order valence-electron chi connectivity index (χ2n) is 8.02. The predicted octanol–water partition coefficient (Wildman–Crippen LogP) is 6.07. The van der Waals surface area contributed by atoms with Gasteiger partial charge in [-0.05, 0) is 68.8 Å². The average Bonchev–Trinajstić information content (AvgIpc) is 3.22. The van der Waals surface area contributed by atoms with Crippen LogP contribution in [0.2, 0.25) is 5.02 Å². The SMILES string of the molecule is CNCCc1ccc(-c2cccc3nc(SC(C)C(=O)Nc4ccc(C)cc4Cl)[nH]c23)cc1. The largest absolute Gasteiger partial charge is 0.332 e. The van der Waals surface area contributed by atoms with Crippen molar-refractivity contribution in [3.05, 3.63) is 76.8 Å². The van der Waals surface area contributed by atoms with Crippen LogP contribution < -0.4 is 10.6 Å². The van der Waals surface area contributed by atoms with Crippen LogP contribution in [-0.2, 0) is 11.2 Å². The first kappa shape index (κ1) is 23.4. The van der Waals surface area contributed by atoms with Gasteiger partial charge in [0, 0.05) is 5.56 Å². The summed E-state index contributed by atoms with van der Waals surface area (Å²) in [5.41, 5.74) is 7.04. The van der Waals surface area contributed by atoms with E-state index in [0.29, 0.717) is 15.9 Å². The quantitative estimate of drug-likeness (QED) is 0.269. The van der Waals surface area contributed by atoms with Gasteiger partial charge in [-0.1, -0.05) is 65.8 Å². The number of aromatic amines is 1. The molecule has 1 unspecified atom stereocenters. The molecule has 0 aliphatic carbocycles. The van der Waals surface area contributed by atoms with Crippen LogP contribution in [0.1, 0.15) is 18.1 Å². The Morgan fingerprint density at radius 2 is 1.94 bits per heavy atom. The molecule has 170 valence electrons. The number of hydrogen-bond donors (Lipinski definition) is 3. The van der Waals surface area contributed by atoms with Crippen molar-refractivity contribution >= 4 is 46.0 Å². The first-order chi connectivity index (χ1) is 15.9. The van der Waals surface area contributed by atoms with Crippen molar-refractivity contribution in [3.63, 3.8) is 0 Å². The molecule has 4 rings (SSSR count). The molecule has 1 aromatic heterocycles. The third kappa shape index (κ3) is 5.58. The number of H-pyrrole nitrogens is 1. The van der Waals surface area contributed by atoms with E-state index in [1.54, 1.807) is 0 Å². The highest BCUT2D eigenvalue weighted by molar-refractivity contribution is 8.00. The summed E-state index contributed by atoms with van der Waals surface area (Å²) in [5.74, 6) is -0.122. The number of rotatable bonds is 8. The molecule has 33 heavy (non-hydrogen) atoms. The summed E-state index contributed by atoms with van der Waals surface area (Å²) in [4.78, 5) is 20.9. The van der Waals surface area contributed by atoms with Crippen molar-refractivity contribution in [2.45, 2.75) is 30.7 Å². The zero-order valence-electron chi connectivity index (χ0n) is 18.9. The van der Waals surface area contributed by atoms with E-state index in [1.165, 1.54) is 17.3 Å². The third-order valence-electron chi connectivity index (χ3n) is 5.47. The van der Waals surface area contributed by atoms with E-state index in [0.717, 1.165) is 40.7 Å². The number of benzene rings is 3. The van der Waals surface area contributed by atoms with E-state index < -0.39 is 0 Å². The van der Waals surface area contributed by atoms with Crippen molar-refractivity contribution in [2.75, 3.05) is 18.9 Å². The van der Waals surface area contributed by atoms with Crippen molar-refractivity contribution in [1.29, 1.82) is 0 Å². The molecular formula is C26H27ClN4OS. The molecule has 0 fully saturated rings. The van der Waals surface area contributed by atoms with Gasteiger partial charge in [-0.3, -0.25) is 4.79 Å². The number of amides is 1. The number of thioether (sulfide) groups is 1. The molecular weight excluding hydrogens is 452 g/mol. The van der Waals surface area contributed by atoms with Crippen LogP contribution in [0.5, 0.6) is 0 Å². The summed E-state index contributed by atoms with van der Waals surface area (Å²) in [5, 5.41) is 6.98. The van der Waals surface area contributed by atoms with Gasteiger partial charge in [0.25, 0.3) is 0 Å². The molecule has 1 heterocycles. The number of aryl methyl sites for hydroxylation is 1. The van der Waals surface area contributed by atoms with Gasteiger partial charge >= 0.3 is 0 Å². The number of imidazole rings is 1. The lowest BCUT2D eigenvalue weighted by molar-refractivity contribution is -0.115. The van der Waals surface area contributed by atoms with Gasteiger partial charge in [0.05, 0.1) is 27.0 Å². The molecule has 0 aliphatic heterocycles. The second kappa shape index (κ2) is 10.4. The number of halogens is 1. The van der Waals surface area contributed by atoms with E-state index in [1.807, 2.05) is 51.2 Å². The highest BCUT2D eigenvalue weighted by Crippen LogP contribution is 2.31. The van der Waals surface area contributed by atoms with Crippen molar-refractivity contribution in [1.82, 2.24) is 15.3 Å². The number of nitrogens with one attached hydrogen (secondary N) is 3. The fourth-order valence-corrected chi connectivity index (χ4v) is 4.70. The first-order valence-corrected chi connectivity index (χ1v) is 12.2. The Bertz CT molecular complexity index is 1270. The van der Waals surface area contributed by atoms with Gasteiger partial charge in [0.1, 0.15) is 0 Å². The van der Waals surface area contributed by atoms with Gasteiger partial charge in [-0.25, -0.2) is 4.98 Å². The zero-order chi connectivity index (χ0) is 23.4. The molecule has 0 radical (unpaired) electrons. The number of para-hydroxylation sites is 1. The average molecular weight is 479 g/mol. The van der Waals surface area contributed by atoms with Crippen molar-refractivity contribution in [3.8, 4) is 11.1 Å². The number of fused-ring (bicyclic) bond motifs is 1. The van der Waals surface area contributed by atoms with Crippen LogP contribution in [0.4, 0.5) is 5.69 Å². The summed E-state index contributed by atoms with van der Waals surface area (Å²) in [6.07, 6.45) is 1.000. The summed E-state index contributed by atoms with van der Waals surface area (Å²) in [6.45, 7) is 4.78. The second-order valence-corrected chi connectivity index (χ2v) is 9.76. The number of likely N-dealkylation sites (N-methyl/N-ethyl adjacent to an activating group) is 1. The van der Waals surface area contributed by atoms with E-state index in [9.17, 15) is 4.79 Å². The van der Waals surface area contributed by atoms with Crippen molar-refractivity contribution in [2.24, 2.45) is 0 Å². The van der Waals surface area contributed by atoms with Crippen LogP contribution in [0.25, 0.3) is 22.2 Å². The zero-order valence-corrected chi connectivity index (χ0v) is 20.5. The number of aromatic nitrogens is 2. The smallest absolute Gasteiger partial charge is 0.237 e. The number of nitrogens with zero attached hydrogens (tertiary/aromatic N) is 1. The monoisotopic (exact) mass is 478 g/mol. The van der Waals surface area contributed by atoms with E-state index in [-0.39, 0.29) is 11.2 Å². The molecule has 1 atom stereocenters. The number of hydrogen-bond acceptors (Lipinski definition) is 4. The molecule has 7 heteroatoms. The first-order valence-electron chi connectivity index (χ1n) is 10.9. The lowest BCUT2D eigenvalue weighted by Crippen LogP contribution is -2.22. The Hall–Kier alpha value is -2.80. The minimum atomic E-state index is -0.349. The molecule has 4 aromatic rings. The predicted molar refractivity (Wildman–Crippen MR) is 139 cm³/mol. The third-order valence-corrected chi connectivity index (χ3v) is 6.76. The Morgan fingerprint density at radius 3 is 2.67 bits per heavy atom. The van der Waals surface area contributed by atoms with Crippen LogP contribution in [0.15, 0.2) is 65.8 Å². The van der Waals surface area contributed by atoms with E-state index in [2.05, 4.69) is 45.9 Å².